The van der Waals surface area contributed by atoms with Crippen LogP contribution in [0, 0.1) is 0 Å². The molecular formula is C32H33BrN2O3S. The van der Waals surface area contributed by atoms with Crippen LogP contribution in [0.2, 0.25) is 0 Å². The molecule has 4 aromatic rings. The van der Waals surface area contributed by atoms with E-state index in [2.05, 4.69) is 53.4 Å². The smallest absolute Gasteiger partial charge is 0.165 e. The van der Waals surface area contributed by atoms with Gasteiger partial charge in [-0.25, -0.2) is 4.99 Å². The third-order valence-corrected chi connectivity index (χ3v) is 7.11. The van der Waals surface area contributed by atoms with Gasteiger partial charge in [0.2, 0.25) is 0 Å². The summed E-state index contributed by atoms with van der Waals surface area (Å²) in [4.78, 5) is 19.4. The third kappa shape index (κ3) is 9.01. The maximum absolute atomic E-state index is 12.0. The number of methoxy groups -OCH3 is 2. The van der Waals surface area contributed by atoms with E-state index in [-0.39, 0.29) is 22.8 Å². The van der Waals surface area contributed by atoms with Crippen molar-refractivity contribution in [3.05, 3.63) is 125 Å². The van der Waals surface area contributed by atoms with Crippen molar-refractivity contribution >= 4 is 45.4 Å². The highest BCUT2D eigenvalue weighted by molar-refractivity contribution is 8.93. The first kappa shape index (κ1) is 30.0. The predicted molar refractivity (Wildman–Crippen MR) is 167 cm³/mol. The van der Waals surface area contributed by atoms with E-state index in [1.807, 2.05) is 54.6 Å². The van der Waals surface area contributed by atoms with E-state index in [0.717, 1.165) is 39.2 Å². The van der Waals surface area contributed by atoms with Crippen molar-refractivity contribution in [1.82, 2.24) is 4.90 Å². The van der Waals surface area contributed by atoms with E-state index in [1.165, 1.54) is 5.56 Å². The number of benzene rings is 4. The number of carbonyl (C=O) groups excluding carboxylic acids is 1. The van der Waals surface area contributed by atoms with Crippen LogP contribution < -0.4 is 9.47 Å². The SMILES string of the molecule is Br.COc1ccc(CN(Cc2ccc(OC)cc2)C(=Nc2cccc(C(C)=O)c2)SCc2ccccc2)cc1. The normalized spacial score (nSPS) is 10.9. The van der Waals surface area contributed by atoms with Crippen LogP contribution in [-0.4, -0.2) is 30.1 Å². The summed E-state index contributed by atoms with van der Waals surface area (Å²) in [6.07, 6.45) is 0. The minimum absolute atomic E-state index is 0. The molecule has 4 rings (SSSR count). The first-order chi connectivity index (χ1) is 18.5. The van der Waals surface area contributed by atoms with Gasteiger partial charge in [0, 0.05) is 24.4 Å². The van der Waals surface area contributed by atoms with Crippen LogP contribution in [0.4, 0.5) is 5.69 Å². The lowest BCUT2D eigenvalue weighted by molar-refractivity contribution is 0.101. The molecule has 0 N–H and O–H groups in total. The van der Waals surface area contributed by atoms with E-state index >= 15 is 0 Å². The molecule has 0 aromatic heterocycles. The van der Waals surface area contributed by atoms with Gasteiger partial charge in [0.1, 0.15) is 11.5 Å². The van der Waals surface area contributed by atoms with E-state index in [9.17, 15) is 4.79 Å². The fraction of sp³-hybridized carbons (Fsp3) is 0.188. The maximum atomic E-state index is 12.0. The van der Waals surface area contributed by atoms with Crippen molar-refractivity contribution in [2.45, 2.75) is 25.8 Å². The summed E-state index contributed by atoms with van der Waals surface area (Å²) < 4.78 is 10.7. The Morgan fingerprint density at radius 3 is 1.82 bits per heavy atom. The number of thioether (sulfide) groups is 1. The number of nitrogens with zero attached hydrogens (tertiary/aromatic N) is 2. The summed E-state index contributed by atoms with van der Waals surface area (Å²) in [5.41, 5.74) is 4.91. The molecular weight excluding hydrogens is 572 g/mol. The molecule has 4 aromatic carbocycles. The molecule has 0 unspecified atom stereocenters. The summed E-state index contributed by atoms with van der Waals surface area (Å²) in [5, 5.41) is 0.876. The number of ketones is 1. The van der Waals surface area contributed by atoms with Gasteiger partial charge in [-0.3, -0.25) is 4.79 Å². The molecule has 0 atom stereocenters. The molecule has 7 heteroatoms. The Hall–Kier alpha value is -3.55. The monoisotopic (exact) mass is 604 g/mol. The number of amidine groups is 1. The Balaban J connectivity index is 0.00000420. The van der Waals surface area contributed by atoms with Gasteiger partial charge in [0.15, 0.2) is 11.0 Å². The van der Waals surface area contributed by atoms with E-state index in [4.69, 9.17) is 14.5 Å². The zero-order valence-corrected chi connectivity index (χ0v) is 24.9. The second-order valence-corrected chi connectivity index (χ2v) is 9.77. The molecule has 0 bridgehead atoms. The Bertz CT molecular complexity index is 1310. The van der Waals surface area contributed by atoms with Crippen molar-refractivity contribution in [2.75, 3.05) is 14.2 Å². The van der Waals surface area contributed by atoms with Gasteiger partial charge in [0.25, 0.3) is 0 Å². The number of hydrogen-bond acceptors (Lipinski definition) is 5. The molecule has 0 saturated carbocycles. The number of ether oxygens (including phenoxy) is 2. The second kappa shape index (κ2) is 15.1. The molecule has 202 valence electrons. The number of halogens is 1. The predicted octanol–water partition coefficient (Wildman–Crippen LogP) is 8.11. The van der Waals surface area contributed by atoms with Gasteiger partial charge >= 0.3 is 0 Å². The van der Waals surface area contributed by atoms with E-state index in [0.29, 0.717) is 18.7 Å². The number of hydrogen-bond donors (Lipinski definition) is 0. The highest BCUT2D eigenvalue weighted by Gasteiger charge is 2.16. The van der Waals surface area contributed by atoms with Crippen molar-refractivity contribution in [1.29, 1.82) is 0 Å². The molecule has 0 aliphatic rings. The van der Waals surface area contributed by atoms with Crippen molar-refractivity contribution < 1.29 is 14.3 Å². The Kier molecular flexibility index (Phi) is 11.6. The lowest BCUT2D eigenvalue weighted by Gasteiger charge is -2.26. The minimum Gasteiger partial charge on any atom is -0.497 e. The van der Waals surface area contributed by atoms with Crippen LogP contribution >= 0.6 is 28.7 Å². The fourth-order valence-corrected chi connectivity index (χ4v) is 4.88. The van der Waals surface area contributed by atoms with Gasteiger partial charge in [0.05, 0.1) is 19.9 Å². The Morgan fingerprint density at radius 2 is 1.31 bits per heavy atom. The first-order valence-corrected chi connectivity index (χ1v) is 13.4. The largest absolute Gasteiger partial charge is 0.497 e. The molecule has 0 spiro atoms. The molecule has 0 radical (unpaired) electrons. The van der Waals surface area contributed by atoms with Gasteiger partial charge in [-0.1, -0.05) is 78.5 Å². The molecule has 0 amide bonds. The standard InChI is InChI=1S/C32H32N2O3S.BrH/c1-24(35)28-10-7-11-29(20-28)33-32(38-23-27-8-5-4-6-9-27)34(21-25-12-16-30(36-2)17-13-25)22-26-14-18-31(37-3)19-15-26;/h4-20H,21-23H2,1-3H3;1H. The molecule has 0 aliphatic carbocycles. The average molecular weight is 606 g/mol. The average Bonchev–Trinajstić information content (AvgIpc) is 2.96. The highest BCUT2D eigenvalue weighted by atomic mass is 79.9. The fourth-order valence-electron chi connectivity index (χ4n) is 3.92. The van der Waals surface area contributed by atoms with E-state index < -0.39 is 0 Å². The molecule has 0 heterocycles. The minimum atomic E-state index is 0. The van der Waals surface area contributed by atoms with Gasteiger partial charge in [-0.15, -0.1) is 17.0 Å². The number of aliphatic imine (C=N–C) groups is 1. The van der Waals surface area contributed by atoms with Gasteiger partial charge in [-0.2, -0.15) is 0 Å². The molecule has 0 fully saturated rings. The van der Waals surface area contributed by atoms with Crippen LogP contribution in [0.15, 0.2) is 108 Å². The third-order valence-electron chi connectivity index (χ3n) is 6.02. The first-order valence-electron chi connectivity index (χ1n) is 12.4. The summed E-state index contributed by atoms with van der Waals surface area (Å²) in [6, 6.07) is 34.1. The second-order valence-electron chi connectivity index (χ2n) is 8.83. The zero-order chi connectivity index (χ0) is 26.7. The summed E-state index contributed by atoms with van der Waals surface area (Å²) in [6.45, 7) is 2.89. The summed E-state index contributed by atoms with van der Waals surface area (Å²) in [5.74, 6) is 2.44. The van der Waals surface area contributed by atoms with Crippen LogP contribution in [0.25, 0.3) is 0 Å². The molecule has 0 aliphatic heterocycles. The summed E-state index contributed by atoms with van der Waals surface area (Å²) in [7, 11) is 3.34. The number of rotatable bonds is 10. The Morgan fingerprint density at radius 1 is 0.744 bits per heavy atom. The van der Waals surface area contributed by atoms with E-state index in [1.54, 1.807) is 32.9 Å². The van der Waals surface area contributed by atoms with Crippen molar-refractivity contribution in [3.8, 4) is 11.5 Å². The zero-order valence-electron chi connectivity index (χ0n) is 22.4. The maximum Gasteiger partial charge on any atom is 0.165 e. The van der Waals surface area contributed by atoms with Crippen molar-refractivity contribution in [2.24, 2.45) is 4.99 Å². The van der Waals surface area contributed by atoms with Crippen LogP contribution in [0.1, 0.15) is 34.0 Å². The van der Waals surface area contributed by atoms with Crippen LogP contribution in [0.5, 0.6) is 11.5 Å². The van der Waals surface area contributed by atoms with Crippen LogP contribution in [0.3, 0.4) is 0 Å². The Labute approximate surface area is 245 Å². The summed E-state index contributed by atoms with van der Waals surface area (Å²) >= 11 is 1.69. The lowest BCUT2D eigenvalue weighted by Crippen LogP contribution is -2.28. The lowest BCUT2D eigenvalue weighted by atomic mass is 10.1. The highest BCUT2D eigenvalue weighted by Crippen LogP contribution is 2.26. The van der Waals surface area contributed by atoms with Gasteiger partial charge in [-0.05, 0) is 60.0 Å². The number of carbonyl (C=O) groups is 1. The molecule has 5 nitrogen and oxygen atoms in total. The molecule has 39 heavy (non-hydrogen) atoms. The van der Waals surface area contributed by atoms with Crippen molar-refractivity contribution in [3.63, 3.8) is 0 Å². The quantitative estimate of drug-likeness (QED) is 0.104. The number of Topliss-reactive ketones (excluding diaryl/α,β-unsaturated/α-hetero) is 1. The van der Waals surface area contributed by atoms with Gasteiger partial charge < -0.3 is 14.4 Å². The topological polar surface area (TPSA) is 51.1 Å². The van der Waals surface area contributed by atoms with Crippen LogP contribution in [-0.2, 0) is 18.8 Å². The molecule has 0 saturated heterocycles.